The van der Waals surface area contributed by atoms with Gasteiger partial charge in [0.25, 0.3) is 0 Å². The molecule has 0 atom stereocenters. The summed E-state index contributed by atoms with van der Waals surface area (Å²) in [6, 6.07) is 21.9. The molecule has 0 spiro atoms. The van der Waals surface area contributed by atoms with Crippen molar-refractivity contribution in [1.29, 1.82) is 0 Å². The molecule has 6 aromatic rings. The van der Waals surface area contributed by atoms with Crippen molar-refractivity contribution in [3.05, 3.63) is 126 Å². The van der Waals surface area contributed by atoms with Crippen molar-refractivity contribution in [2.24, 2.45) is 0 Å². The predicted molar refractivity (Wildman–Crippen MR) is 201 cm³/mol. The fraction of sp³-hybridized carbons (Fsp3) is 0.211. The van der Waals surface area contributed by atoms with Crippen molar-refractivity contribution in [3.8, 4) is 11.4 Å². The van der Waals surface area contributed by atoms with Crippen LogP contribution in [0.2, 0.25) is 10.3 Å². The van der Waals surface area contributed by atoms with Gasteiger partial charge < -0.3 is 19.7 Å². The Bertz CT molecular complexity index is 2550. The highest BCUT2D eigenvalue weighted by molar-refractivity contribution is 6.30. The summed E-state index contributed by atoms with van der Waals surface area (Å²) in [5, 5.41) is 4.36. The van der Waals surface area contributed by atoms with Crippen molar-refractivity contribution >= 4 is 68.8 Å². The van der Waals surface area contributed by atoms with E-state index in [1.807, 2.05) is 64.9 Å². The van der Waals surface area contributed by atoms with Gasteiger partial charge >= 0.3 is 11.9 Å². The van der Waals surface area contributed by atoms with E-state index in [1.54, 1.807) is 36.6 Å². The molecule has 4 aromatic heterocycles. The predicted octanol–water partition coefficient (Wildman–Crippen LogP) is 6.70. The van der Waals surface area contributed by atoms with Gasteiger partial charge in [-0.1, -0.05) is 59.6 Å². The summed E-state index contributed by atoms with van der Waals surface area (Å²) in [4.78, 5) is 62.0. The summed E-state index contributed by atoms with van der Waals surface area (Å²) in [5.41, 5.74) is 3.86. The smallest absolute Gasteiger partial charge is 0.345 e. The molecule has 0 unspecified atom stereocenters. The first-order valence-corrected chi connectivity index (χ1v) is 17.4. The van der Waals surface area contributed by atoms with Crippen LogP contribution in [0, 0.1) is 0 Å². The number of anilines is 2. The van der Waals surface area contributed by atoms with E-state index in [-0.39, 0.29) is 34.6 Å². The zero-order valence-corrected chi connectivity index (χ0v) is 29.9. The van der Waals surface area contributed by atoms with E-state index in [9.17, 15) is 19.2 Å². The van der Waals surface area contributed by atoms with Crippen LogP contribution < -0.4 is 21.1 Å². The molecule has 264 valence electrons. The molecule has 2 aliphatic rings. The maximum Gasteiger partial charge on any atom is 0.345 e. The summed E-state index contributed by atoms with van der Waals surface area (Å²) in [7, 11) is 0. The number of fused-ring (bicyclic) bond motifs is 10. The number of carbonyl (C=O) groups excluding carboxylic acids is 2. The lowest BCUT2D eigenvalue weighted by atomic mass is 10.0. The molecule has 0 aliphatic carbocycles. The van der Waals surface area contributed by atoms with Crippen LogP contribution in [0.4, 0.5) is 11.6 Å². The zero-order valence-electron chi connectivity index (χ0n) is 28.4. The number of esters is 2. The molecule has 0 fully saturated rings. The molecule has 52 heavy (non-hydrogen) atoms. The van der Waals surface area contributed by atoms with E-state index in [0.717, 1.165) is 22.5 Å². The monoisotopic (exact) mass is 738 g/mol. The quantitative estimate of drug-likeness (QED) is 0.150. The fourth-order valence-corrected chi connectivity index (χ4v) is 6.91. The van der Waals surface area contributed by atoms with Crippen LogP contribution in [0.3, 0.4) is 0 Å². The van der Waals surface area contributed by atoms with Crippen LogP contribution in [0.15, 0.2) is 82.4 Å². The molecule has 2 aromatic carbocycles. The Morgan fingerprint density at radius 3 is 1.83 bits per heavy atom. The Hall–Kier alpha value is -5.72. The van der Waals surface area contributed by atoms with Gasteiger partial charge in [0.15, 0.2) is 11.3 Å². The summed E-state index contributed by atoms with van der Waals surface area (Å²) in [6.45, 7) is 7.48. The highest BCUT2D eigenvalue weighted by atomic mass is 35.5. The maximum absolute atomic E-state index is 13.2. The van der Waals surface area contributed by atoms with Crippen molar-refractivity contribution < 1.29 is 19.1 Å². The Morgan fingerprint density at radius 2 is 1.23 bits per heavy atom. The molecule has 0 radical (unpaired) electrons. The lowest BCUT2D eigenvalue weighted by Gasteiger charge is -2.34. The van der Waals surface area contributed by atoms with Crippen molar-refractivity contribution in [2.45, 2.75) is 33.9 Å². The number of para-hydroxylation sites is 2. The second-order valence-electron chi connectivity index (χ2n) is 11.8. The van der Waals surface area contributed by atoms with E-state index in [1.165, 1.54) is 6.07 Å². The Balaban J connectivity index is 0.000000162. The third kappa shape index (κ3) is 5.83. The topological polar surface area (TPSA) is 138 Å². The molecule has 12 nitrogen and oxygen atoms in total. The van der Waals surface area contributed by atoms with Gasteiger partial charge in [-0.05, 0) is 68.3 Å². The van der Waals surface area contributed by atoms with E-state index < -0.39 is 22.8 Å². The number of nitrogens with zero attached hydrogens (tertiary/aromatic N) is 5. The summed E-state index contributed by atoms with van der Waals surface area (Å²) in [5.74, 6) is -0.396. The number of hydrogen-bond donors (Lipinski definition) is 1. The lowest BCUT2D eigenvalue weighted by Crippen LogP contribution is -2.36. The molecule has 0 bridgehead atoms. The largest absolute Gasteiger partial charge is 0.462 e. The first-order valence-electron chi connectivity index (χ1n) is 16.7. The fourth-order valence-electron chi connectivity index (χ4n) is 6.63. The van der Waals surface area contributed by atoms with Gasteiger partial charge in [0, 0.05) is 19.6 Å². The number of benzene rings is 2. The van der Waals surface area contributed by atoms with Crippen LogP contribution in [0.1, 0.15) is 52.6 Å². The number of aromatic nitrogens is 4. The summed E-state index contributed by atoms with van der Waals surface area (Å²) < 4.78 is 13.9. The highest BCUT2D eigenvalue weighted by Gasteiger charge is 2.32. The molecular weight excluding hydrogens is 707 g/mol. The minimum absolute atomic E-state index is 0.0204. The van der Waals surface area contributed by atoms with E-state index >= 15 is 0 Å². The molecule has 0 amide bonds. The number of hydrogen-bond acceptors (Lipinski definition) is 10. The minimum atomic E-state index is -0.653. The van der Waals surface area contributed by atoms with Crippen LogP contribution in [-0.2, 0) is 22.6 Å². The van der Waals surface area contributed by atoms with Crippen LogP contribution in [0.5, 0.6) is 0 Å². The van der Waals surface area contributed by atoms with Gasteiger partial charge in [-0.25, -0.2) is 19.6 Å². The van der Waals surface area contributed by atoms with Crippen molar-refractivity contribution in [3.63, 3.8) is 0 Å². The Labute approximate surface area is 307 Å². The molecule has 0 saturated heterocycles. The molecule has 1 N–H and O–H groups in total. The molecule has 6 heterocycles. The number of ether oxygens (including phenoxy) is 2. The second-order valence-corrected chi connectivity index (χ2v) is 12.6. The normalized spacial score (nSPS) is 12.4. The van der Waals surface area contributed by atoms with E-state index in [0.29, 0.717) is 53.3 Å². The summed E-state index contributed by atoms with van der Waals surface area (Å²) in [6.07, 6.45) is 0. The van der Waals surface area contributed by atoms with E-state index in [2.05, 4.69) is 15.3 Å². The van der Waals surface area contributed by atoms with Crippen molar-refractivity contribution in [2.75, 3.05) is 30.0 Å². The van der Waals surface area contributed by atoms with Crippen molar-refractivity contribution in [1.82, 2.24) is 19.1 Å². The first kappa shape index (κ1) is 34.7. The van der Waals surface area contributed by atoms with Gasteiger partial charge in [-0.3, -0.25) is 18.7 Å². The number of nitrogens with one attached hydrogen (secondary N) is 1. The molecule has 8 rings (SSSR count). The second kappa shape index (κ2) is 14.1. The molecule has 2 aliphatic heterocycles. The van der Waals surface area contributed by atoms with Gasteiger partial charge in [-0.2, -0.15) is 0 Å². The third-order valence-electron chi connectivity index (χ3n) is 8.86. The number of pyridine rings is 4. The van der Waals surface area contributed by atoms with Gasteiger partial charge in [0.2, 0.25) is 10.9 Å². The lowest BCUT2D eigenvalue weighted by molar-refractivity contribution is 0.0515. The average molecular weight is 740 g/mol. The minimum Gasteiger partial charge on any atom is -0.462 e. The molecule has 0 saturated carbocycles. The van der Waals surface area contributed by atoms with Gasteiger partial charge in [0.1, 0.15) is 33.1 Å². The first-order chi connectivity index (χ1) is 25.2. The standard InChI is InChI=1S/C20H18ClN3O3.C18H14ClN3O3/c1-3-23-11-12-7-5-6-8-14(12)24-18-13(9-10-15(21)22-18)17(25)16(19(23)24)20(26)27-4-2;1-2-25-18(24)14-15(23)11-7-8-13(19)21-16(11)22-12-6-4-3-5-10(12)9-20-17(14)22/h5-10H,3-4,11H2,1-2H3;3-8,20H,2,9H2,1H3. The van der Waals surface area contributed by atoms with Crippen LogP contribution >= 0.6 is 23.2 Å². The van der Waals surface area contributed by atoms with Gasteiger partial charge in [-0.15, -0.1) is 0 Å². The molecular formula is C38H32Cl2N6O6. The number of carbonyl (C=O) groups is 2. The Kier molecular flexibility index (Phi) is 9.43. The zero-order chi connectivity index (χ0) is 36.7. The third-order valence-corrected chi connectivity index (χ3v) is 9.28. The Morgan fingerprint density at radius 1 is 0.712 bits per heavy atom. The number of rotatable bonds is 5. The SMILES string of the molecule is CCOC(=O)c1c2n(c3nc(Cl)ccc3c1=O)-c1ccccc1CN2.CCOC(=O)c1c2n(c3nc(Cl)ccc3c1=O)-c1ccccc1CN2CC. The highest BCUT2D eigenvalue weighted by Crippen LogP contribution is 2.36. The van der Waals surface area contributed by atoms with Gasteiger partial charge in [0.05, 0.1) is 35.4 Å². The number of halogens is 2. The average Bonchev–Trinajstić information content (AvgIpc) is 3.14. The van der Waals surface area contributed by atoms with Crippen LogP contribution in [-0.4, -0.2) is 50.8 Å². The summed E-state index contributed by atoms with van der Waals surface area (Å²) >= 11 is 12.2. The van der Waals surface area contributed by atoms with E-state index in [4.69, 9.17) is 32.7 Å². The van der Waals surface area contributed by atoms with Crippen LogP contribution in [0.25, 0.3) is 33.4 Å². The molecule has 14 heteroatoms. The maximum atomic E-state index is 13.2.